The van der Waals surface area contributed by atoms with E-state index in [9.17, 15) is 14.4 Å². The van der Waals surface area contributed by atoms with Gasteiger partial charge in [-0.15, -0.1) is 0 Å². The van der Waals surface area contributed by atoms with E-state index in [1.54, 1.807) is 13.0 Å². The van der Waals surface area contributed by atoms with E-state index in [0.717, 1.165) is 11.1 Å². The number of hydrogen-bond acceptors (Lipinski definition) is 5. The van der Waals surface area contributed by atoms with Gasteiger partial charge in [0.05, 0.1) is 12.6 Å². The van der Waals surface area contributed by atoms with Crippen molar-refractivity contribution in [1.29, 1.82) is 0 Å². The highest BCUT2D eigenvalue weighted by Gasteiger charge is 2.24. The Morgan fingerprint density at radius 3 is 2.09 bits per heavy atom. The van der Waals surface area contributed by atoms with Crippen LogP contribution in [-0.2, 0) is 32.1 Å². The molecule has 2 amide bonds. The van der Waals surface area contributed by atoms with Crippen LogP contribution in [0.3, 0.4) is 0 Å². The molecule has 2 rings (SSSR count). The van der Waals surface area contributed by atoms with Gasteiger partial charge >= 0.3 is 12.1 Å². The van der Waals surface area contributed by atoms with Gasteiger partial charge in [-0.05, 0) is 36.8 Å². The van der Waals surface area contributed by atoms with Crippen LogP contribution in [-0.4, -0.2) is 36.7 Å². The molecule has 0 saturated heterocycles. The van der Waals surface area contributed by atoms with Crippen LogP contribution in [0.1, 0.15) is 38.3 Å². The zero-order chi connectivity index (χ0) is 24.8. The second-order valence-corrected chi connectivity index (χ2v) is 8.30. The number of carbonyl (C=O) groups excluding carboxylic acids is 3. The zero-order valence-electron chi connectivity index (χ0n) is 20.0. The van der Waals surface area contributed by atoms with Crippen LogP contribution < -0.4 is 10.6 Å². The smallest absolute Gasteiger partial charge is 0.408 e. The molecule has 182 valence electrons. The Hall–Kier alpha value is -3.61. The molecule has 0 saturated carbocycles. The molecule has 0 bridgehead atoms. The third kappa shape index (κ3) is 10.3. The molecule has 0 fully saturated rings. The van der Waals surface area contributed by atoms with Crippen molar-refractivity contribution in [1.82, 2.24) is 10.6 Å². The molecule has 0 aliphatic carbocycles. The van der Waals surface area contributed by atoms with Crippen molar-refractivity contribution in [3.8, 4) is 0 Å². The van der Waals surface area contributed by atoms with Gasteiger partial charge < -0.3 is 20.1 Å². The minimum absolute atomic E-state index is 0.113. The van der Waals surface area contributed by atoms with Crippen LogP contribution in [0.25, 0.3) is 0 Å². The maximum atomic E-state index is 13.1. The summed E-state index contributed by atoms with van der Waals surface area (Å²) >= 11 is 0. The lowest BCUT2D eigenvalue weighted by Gasteiger charge is -2.23. The molecule has 0 unspecified atom stereocenters. The lowest BCUT2D eigenvalue weighted by atomic mass is 10.0. The lowest BCUT2D eigenvalue weighted by Crippen LogP contribution is -2.50. The second-order valence-electron chi connectivity index (χ2n) is 8.30. The molecule has 2 aromatic rings. The highest BCUT2D eigenvalue weighted by atomic mass is 16.5. The zero-order valence-corrected chi connectivity index (χ0v) is 20.0. The summed E-state index contributed by atoms with van der Waals surface area (Å²) < 4.78 is 10.2. The summed E-state index contributed by atoms with van der Waals surface area (Å²) in [5.74, 6) is -0.663. The molecule has 2 aromatic carbocycles. The molecule has 0 aliphatic rings. The Morgan fingerprint density at radius 1 is 0.882 bits per heavy atom. The van der Waals surface area contributed by atoms with Gasteiger partial charge in [-0.2, -0.15) is 0 Å². The van der Waals surface area contributed by atoms with Gasteiger partial charge in [0, 0.05) is 6.08 Å². The summed E-state index contributed by atoms with van der Waals surface area (Å²) in [6, 6.07) is 17.7. The van der Waals surface area contributed by atoms with E-state index >= 15 is 0 Å². The van der Waals surface area contributed by atoms with Crippen molar-refractivity contribution >= 4 is 18.0 Å². The Kier molecular flexibility index (Phi) is 11.4. The fourth-order valence-electron chi connectivity index (χ4n) is 3.31. The molecular formula is C27H34N2O5. The average Bonchev–Trinajstić information content (AvgIpc) is 2.82. The fourth-order valence-corrected chi connectivity index (χ4v) is 3.31. The number of nitrogens with one attached hydrogen (secondary N) is 2. The molecule has 0 aromatic heterocycles. The topological polar surface area (TPSA) is 93.7 Å². The van der Waals surface area contributed by atoms with Gasteiger partial charge in [0.25, 0.3) is 0 Å². The van der Waals surface area contributed by atoms with Crippen LogP contribution in [0, 0.1) is 5.92 Å². The Morgan fingerprint density at radius 2 is 1.50 bits per heavy atom. The van der Waals surface area contributed by atoms with Crippen molar-refractivity contribution in [2.75, 3.05) is 6.61 Å². The quantitative estimate of drug-likeness (QED) is 0.362. The van der Waals surface area contributed by atoms with Crippen molar-refractivity contribution < 1.29 is 23.9 Å². The first-order chi connectivity index (χ1) is 16.4. The largest absolute Gasteiger partial charge is 0.463 e. The first-order valence-electron chi connectivity index (χ1n) is 11.5. The van der Waals surface area contributed by atoms with Gasteiger partial charge in [-0.25, -0.2) is 9.59 Å². The number of benzene rings is 2. The number of esters is 1. The van der Waals surface area contributed by atoms with Gasteiger partial charge in [0.2, 0.25) is 5.91 Å². The molecule has 0 aliphatic heterocycles. The van der Waals surface area contributed by atoms with Crippen LogP contribution in [0.5, 0.6) is 0 Å². The maximum absolute atomic E-state index is 13.1. The average molecular weight is 467 g/mol. The normalized spacial score (nSPS) is 12.7. The van der Waals surface area contributed by atoms with E-state index in [2.05, 4.69) is 10.6 Å². The third-order valence-corrected chi connectivity index (χ3v) is 4.91. The highest BCUT2D eigenvalue weighted by Crippen LogP contribution is 2.09. The minimum Gasteiger partial charge on any atom is -0.463 e. The first kappa shape index (κ1) is 26.6. The molecule has 34 heavy (non-hydrogen) atoms. The van der Waals surface area contributed by atoms with Crippen molar-refractivity contribution in [3.63, 3.8) is 0 Å². The van der Waals surface area contributed by atoms with E-state index in [1.165, 1.54) is 6.08 Å². The second kappa shape index (κ2) is 14.5. The first-order valence-corrected chi connectivity index (χ1v) is 11.5. The summed E-state index contributed by atoms with van der Waals surface area (Å²) in [5, 5.41) is 5.63. The summed E-state index contributed by atoms with van der Waals surface area (Å²) in [4.78, 5) is 37.3. The number of carbonyl (C=O) groups is 3. The molecular weight excluding hydrogens is 432 g/mol. The number of hydrogen-bond donors (Lipinski definition) is 2. The summed E-state index contributed by atoms with van der Waals surface area (Å²) in [7, 11) is 0. The van der Waals surface area contributed by atoms with Gasteiger partial charge in [0.1, 0.15) is 12.6 Å². The predicted molar refractivity (Wildman–Crippen MR) is 131 cm³/mol. The number of rotatable bonds is 12. The minimum atomic E-state index is -0.780. The SMILES string of the molecule is CCOC(=O)/C=C/[C@H](Cc1ccccc1)NC(=O)[C@H](CC(C)C)NC(=O)OCc1ccccc1. The molecule has 7 heteroatoms. The molecule has 7 nitrogen and oxygen atoms in total. The standard InChI is InChI=1S/C27H34N2O5/c1-4-33-25(30)16-15-23(18-21-11-7-5-8-12-21)28-26(31)24(17-20(2)3)29-27(32)34-19-22-13-9-6-10-14-22/h5-16,20,23-24H,4,17-19H2,1-3H3,(H,28,31)(H,29,32)/b16-15+/t23-,24+/m1/s1. The Balaban J connectivity index is 2.06. The molecule has 0 heterocycles. The summed E-state index contributed by atoms with van der Waals surface area (Å²) in [6.45, 7) is 6.05. The highest BCUT2D eigenvalue weighted by molar-refractivity contribution is 5.86. The fraction of sp³-hybridized carbons (Fsp3) is 0.370. The van der Waals surface area contributed by atoms with E-state index in [4.69, 9.17) is 9.47 Å². The van der Waals surface area contributed by atoms with Crippen molar-refractivity contribution in [3.05, 3.63) is 83.9 Å². The van der Waals surface area contributed by atoms with Gasteiger partial charge in [-0.3, -0.25) is 4.79 Å². The third-order valence-electron chi connectivity index (χ3n) is 4.91. The van der Waals surface area contributed by atoms with Crippen LogP contribution in [0.4, 0.5) is 4.79 Å². The predicted octanol–water partition coefficient (Wildman–Crippen LogP) is 4.17. The number of alkyl carbamates (subject to hydrolysis) is 1. The Bertz CT molecular complexity index is 929. The molecule has 0 radical (unpaired) electrons. The van der Waals surface area contributed by atoms with Crippen LogP contribution in [0.2, 0.25) is 0 Å². The lowest BCUT2D eigenvalue weighted by molar-refractivity contribution is -0.137. The number of amides is 2. The molecule has 0 spiro atoms. The van der Waals surface area contributed by atoms with Gasteiger partial charge in [0.15, 0.2) is 0 Å². The maximum Gasteiger partial charge on any atom is 0.408 e. The van der Waals surface area contributed by atoms with E-state index < -0.39 is 24.1 Å². The van der Waals surface area contributed by atoms with E-state index in [1.807, 2.05) is 74.5 Å². The van der Waals surface area contributed by atoms with Crippen molar-refractivity contribution in [2.45, 2.75) is 52.3 Å². The summed E-state index contributed by atoms with van der Waals surface area (Å²) in [5.41, 5.74) is 1.85. The van der Waals surface area contributed by atoms with Gasteiger partial charge in [-0.1, -0.05) is 80.6 Å². The monoisotopic (exact) mass is 466 g/mol. The van der Waals surface area contributed by atoms with Crippen LogP contribution >= 0.6 is 0 Å². The van der Waals surface area contributed by atoms with Crippen LogP contribution in [0.15, 0.2) is 72.8 Å². The number of ether oxygens (including phenoxy) is 2. The Labute approximate surface area is 201 Å². The molecule has 2 atom stereocenters. The van der Waals surface area contributed by atoms with E-state index in [-0.39, 0.29) is 25.0 Å². The summed E-state index contributed by atoms with van der Waals surface area (Å²) in [6.07, 6.45) is 3.19. The van der Waals surface area contributed by atoms with E-state index in [0.29, 0.717) is 12.8 Å². The molecule has 2 N–H and O–H groups in total. The van der Waals surface area contributed by atoms with Crippen molar-refractivity contribution in [2.24, 2.45) is 5.92 Å².